The Kier molecular flexibility index (Phi) is 7.49. The maximum absolute atomic E-state index is 14.9. The second kappa shape index (κ2) is 10.7. The largest absolute Gasteiger partial charge is 0.481 e. The van der Waals surface area contributed by atoms with Crippen molar-refractivity contribution in [2.24, 2.45) is 0 Å². The third-order valence-electron chi connectivity index (χ3n) is 5.75. The number of carbonyl (C=O) groups is 1. The van der Waals surface area contributed by atoms with Gasteiger partial charge in [-0.05, 0) is 31.5 Å². The monoisotopic (exact) mass is 471 g/mol. The number of fused-ring (bicyclic) bond motifs is 1. The molecule has 3 heterocycles. The quantitative estimate of drug-likeness (QED) is 0.406. The molecular weight excluding hydrogens is 444 g/mol. The first-order valence-corrected chi connectivity index (χ1v) is 11.2. The standard InChI is InChI=1S/C24H27F2N5O3/c1-15-21(14-27-4-2-3-22(32)33)30-20-10-16(25)9-19(26)23(20)24(15)29-17-11-18(13-28-12-17)31-5-7-34-8-6-31/h9-13,27H,2-8,14H2,1H3,(H,29,30)(H,32,33). The summed E-state index contributed by atoms with van der Waals surface area (Å²) in [6.07, 6.45) is 3.96. The van der Waals surface area contributed by atoms with Gasteiger partial charge in [-0.2, -0.15) is 0 Å². The molecule has 0 amide bonds. The predicted octanol–water partition coefficient (Wildman–Crippen LogP) is 3.75. The Morgan fingerprint density at radius 2 is 2.00 bits per heavy atom. The van der Waals surface area contributed by atoms with Gasteiger partial charge in [0.25, 0.3) is 0 Å². The number of benzene rings is 1. The highest BCUT2D eigenvalue weighted by Gasteiger charge is 2.18. The number of nitrogens with zero attached hydrogens (tertiary/aromatic N) is 3. The lowest BCUT2D eigenvalue weighted by Gasteiger charge is -2.28. The van der Waals surface area contributed by atoms with Gasteiger partial charge in [-0.25, -0.2) is 8.78 Å². The number of pyridine rings is 2. The Labute approximate surface area is 196 Å². The minimum absolute atomic E-state index is 0.0623. The average Bonchev–Trinajstić information content (AvgIpc) is 2.81. The molecule has 0 aliphatic carbocycles. The number of aliphatic carboxylic acids is 1. The van der Waals surface area contributed by atoms with Crippen molar-refractivity contribution in [2.45, 2.75) is 26.3 Å². The first-order chi connectivity index (χ1) is 16.4. The summed E-state index contributed by atoms with van der Waals surface area (Å²) in [5.74, 6) is -2.26. The van der Waals surface area contributed by atoms with Crippen LogP contribution in [0.5, 0.6) is 0 Å². The molecule has 34 heavy (non-hydrogen) atoms. The summed E-state index contributed by atoms with van der Waals surface area (Å²) in [7, 11) is 0. The third-order valence-corrected chi connectivity index (χ3v) is 5.75. The van der Waals surface area contributed by atoms with Gasteiger partial charge in [0.05, 0.1) is 59.3 Å². The van der Waals surface area contributed by atoms with Crippen molar-refractivity contribution in [3.05, 3.63) is 53.5 Å². The number of hydrogen-bond acceptors (Lipinski definition) is 7. The first-order valence-electron chi connectivity index (χ1n) is 11.2. The number of carboxylic acids is 1. The molecule has 3 N–H and O–H groups in total. The fraction of sp³-hybridized carbons (Fsp3) is 0.375. The summed E-state index contributed by atoms with van der Waals surface area (Å²) in [5, 5.41) is 15.4. The van der Waals surface area contributed by atoms with Gasteiger partial charge in [-0.15, -0.1) is 0 Å². The number of morpholine rings is 1. The van der Waals surface area contributed by atoms with Crippen LogP contribution in [0.4, 0.5) is 25.8 Å². The zero-order valence-corrected chi connectivity index (χ0v) is 18.9. The summed E-state index contributed by atoms with van der Waals surface area (Å²) in [4.78, 5) is 21.7. The SMILES string of the molecule is Cc1c(CNCCCC(=O)O)nc2cc(F)cc(F)c2c1Nc1cncc(N2CCOCC2)c1. The van der Waals surface area contributed by atoms with Crippen molar-refractivity contribution in [1.29, 1.82) is 0 Å². The van der Waals surface area contributed by atoms with Crippen LogP contribution >= 0.6 is 0 Å². The fourth-order valence-electron chi connectivity index (χ4n) is 3.99. The summed E-state index contributed by atoms with van der Waals surface area (Å²) in [6.45, 7) is 5.45. The van der Waals surface area contributed by atoms with Crippen molar-refractivity contribution in [1.82, 2.24) is 15.3 Å². The van der Waals surface area contributed by atoms with Crippen molar-refractivity contribution in [3.8, 4) is 0 Å². The number of halogens is 2. The van der Waals surface area contributed by atoms with Crippen molar-refractivity contribution >= 4 is 33.9 Å². The molecule has 10 heteroatoms. The highest BCUT2D eigenvalue weighted by molar-refractivity contribution is 5.95. The number of aromatic nitrogens is 2. The van der Waals surface area contributed by atoms with E-state index in [-0.39, 0.29) is 17.3 Å². The molecule has 0 bridgehead atoms. The second-order valence-electron chi connectivity index (χ2n) is 8.17. The molecule has 1 aliphatic heterocycles. The molecule has 0 radical (unpaired) electrons. The Hall–Kier alpha value is -3.37. The molecule has 180 valence electrons. The number of hydrogen-bond donors (Lipinski definition) is 3. The molecule has 3 aromatic rings. The maximum atomic E-state index is 14.9. The number of ether oxygens (including phenoxy) is 1. The molecule has 1 aromatic carbocycles. The van der Waals surface area contributed by atoms with Gasteiger partial charge in [0.1, 0.15) is 11.6 Å². The van der Waals surface area contributed by atoms with Gasteiger partial charge >= 0.3 is 5.97 Å². The zero-order chi connectivity index (χ0) is 24.1. The van der Waals surface area contributed by atoms with E-state index in [0.717, 1.165) is 24.8 Å². The van der Waals surface area contributed by atoms with Crippen molar-refractivity contribution in [3.63, 3.8) is 0 Å². The van der Waals surface area contributed by atoms with Crippen LogP contribution in [0.15, 0.2) is 30.6 Å². The van der Waals surface area contributed by atoms with Crippen LogP contribution in [0.25, 0.3) is 10.9 Å². The van der Waals surface area contributed by atoms with Crippen LogP contribution in [-0.4, -0.2) is 53.9 Å². The number of nitrogens with one attached hydrogen (secondary N) is 2. The van der Waals surface area contributed by atoms with Gasteiger partial charge in [0, 0.05) is 38.2 Å². The maximum Gasteiger partial charge on any atom is 0.303 e. The number of carboxylic acid groups (broad SMARTS) is 1. The summed E-state index contributed by atoms with van der Waals surface area (Å²) in [5.41, 5.74) is 3.61. The van der Waals surface area contributed by atoms with Crippen LogP contribution in [0, 0.1) is 18.6 Å². The molecule has 0 spiro atoms. The highest BCUT2D eigenvalue weighted by atomic mass is 19.1. The smallest absolute Gasteiger partial charge is 0.303 e. The van der Waals surface area contributed by atoms with E-state index in [1.807, 2.05) is 13.0 Å². The van der Waals surface area contributed by atoms with Gasteiger partial charge in [-0.3, -0.25) is 14.8 Å². The third kappa shape index (κ3) is 5.57. The average molecular weight is 472 g/mol. The molecule has 1 saturated heterocycles. The summed E-state index contributed by atoms with van der Waals surface area (Å²) >= 11 is 0. The van der Waals surface area contributed by atoms with Crippen LogP contribution in [0.3, 0.4) is 0 Å². The highest BCUT2D eigenvalue weighted by Crippen LogP contribution is 2.34. The molecular formula is C24H27F2N5O3. The lowest BCUT2D eigenvalue weighted by molar-refractivity contribution is -0.137. The van der Waals surface area contributed by atoms with E-state index in [0.29, 0.717) is 55.4 Å². The molecule has 2 aromatic heterocycles. The molecule has 4 rings (SSSR count). The van der Waals surface area contributed by atoms with Gasteiger partial charge in [0.2, 0.25) is 0 Å². The Bertz CT molecular complexity index is 1180. The van der Waals surface area contributed by atoms with Crippen molar-refractivity contribution in [2.75, 3.05) is 43.1 Å². The van der Waals surface area contributed by atoms with E-state index in [1.54, 1.807) is 12.4 Å². The minimum atomic E-state index is -0.854. The van der Waals surface area contributed by atoms with E-state index in [9.17, 15) is 13.6 Å². The molecule has 0 unspecified atom stereocenters. The van der Waals surface area contributed by atoms with Gasteiger partial charge in [0.15, 0.2) is 0 Å². The second-order valence-corrected chi connectivity index (χ2v) is 8.17. The van der Waals surface area contributed by atoms with E-state index in [1.165, 1.54) is 6.07 Å². The van der Waals surface area contributed by atoms with Crippen LogP contribution < -0.4 is 15.5 Å². The first kappa shape index (κ1) is 23.8. The normalized spacial score (nSPS) is 13.9. The fourth-order valence-corrected chi connectivity index (χ4v) is 3.99. The lowest BCUT2D eigenvalue weighted by Crippen LogP contribution is -2.36. The van der Waals surface area contributed by atoms with Crippen LogP contribution in [0.1, 0.15) is 24.1 Å². The predicted molar refractivity (Wildman–Crippen MR) is 126 cm³/mol. The summed E-state index contributed by atoms with van der Waals surface area (Å²) < 4.78 is 34.3. The van der Waals surface area contributed by atoms with Crippen LogP contribution in [0.2, 0.25) is 0 Å². The topological polar surface area (TPSA) is 99.6 Å². The molecule has 1 fully saturated rings. The number of anilines is 3. The molecule has 1 aliphatic rings. The minimum Gasteiger partial charge on any atom is -0.481 e. The van der Waals surface area contributed by atoms with Gasteiger partial charge in [-0.1, -0.05) is 0 Å². The van der Waals surface area contributed by atoms with E-state index >= 15 is 0 Å². The van der Waals surface area contributed by atoms with Crippen molar-refractivity contribution < 1.29 is 23.4 Å². The van der Waals surface area contributed by atoms with Gasteiger partial charge < -0.3 is 25.4 Å². The van der Waals surface area contributed by atoms with Crippen LogP contribution in [-0.2, 0) is 16.1 Å². The van der Waals surface area contributed by atoms with E-state index in [4.69, 9.17) is 9.84 Å². The zero-order valence-electron chi connectivity index (χ0n) is 18.9. The van der Waals surface area contributed by atoms with E-state index in [2.05, 4.69) is 25.5 Å². The lowest BCUT2D eigenvalue weighted by atomic mass is 10.1. The Morgan fingerprint density at radius 3 is 2.76 bits per heavy atom. The van der Waals surface area contributed by atoms with E-state index < -0.39 is 17.6 Å². The Balaban J connectivity index is 1.65. The molecule has 0 saturated carbocycles. The number of rotatable bonds is 9. The Morgan fingerprint density at radius 1 is 1.21 bits per heavy atom. The summed E-state index contributed by atoms with van der Waals surface area (Å²) in [6, 6.07) is 4.00. The molecule has 8 nitrogen and oxygen atoms in total. The molecule has 0 atom stereocenters.